The number of nitrogens with zero attached hydrogens (tertiary/aromatic N) is 1. The number of aromatic nitrogens is 2. The van der Waals surface area contributed by atoms with Crippen molar-refractivity contribution in [1.29, 1.82) is 0 Å². The maximum Gasteiger partial charge on any atom is 0.255 e. The first-order valence-corrected chi connectivity index (χ1v) is 6.48. The van der Waals surface area contributed by atoms with E-state index in [1.54, 1.807) is 6.08 Å². The third-order valence-electron chi connectivity index (χ3n) is 3.20. The van der Waals surface area contributed by atoms with Gasteiger partial charge in [0.1, 0.15) is 18.3 Å². The zero-order chi connectivity index (χ0) is 14.9. The van der Waals surface area contributed by atoms with E-state index >= 15 is 0 Å². The van der Waals surface area contributed by atoms with Gasteiger partial charge in [-0.25, -0.2) is 0 Å². The van der Waals surface area contributed by atoms with E-state index in [-0.39, 0.29) is 10.3 Å². The Balaban J connectivity index is 2.43. The quantitative estimate of drug-likeness (QED) is 0.430. The number of ether oxygens (including phenoxy) is 1. The number of H-pyrrole nitrogens is 1. The lowest BCUT2D eigenvalue weighted by Gasteiger charge is -2.19. The van der Waals surface area contributed by atoms with Crippen LogP contribution in [0.5, 0.6) is 0 Å². The molecular weight excluding hydrogens is 284 g/mol. The van der Waals surface area contributed by atoms with Crippen LogP contribution in [0.4, 0.5) is 0 Å². The summed E-state index contributed by atoms with van der Waals surface area (Å²) in [6.45, 7) is 3.13. The molecule has 0 saturated carbocycles. The molecule has 0 bridgehead atoms. The van der Waals surface area contributed by atoms with Crippen molar-refractivity contribution in [2.75, 3.05) is 6.61 Å². The topological polar surface area (TPSA) is 108 Å². The summed E-state index contributed by atoms with van der Waals surface area (Å²) < 4.78 is 6.80. The van der Waals surface area contributed by atoms with Crippen molar-refractivity contribution >= 4 is 12.2 Å². The average Bonchev–Trinajstić information content (AvgIpc) is 2.70. The Morgan fingerprint density at radius 3 is 2.75 bits per heavy atom. The molecule has 0 spiro atoms. The highest BCUT2D eigenvalue weighted by Crippen LogP contribution is 2.29. The molecular formula is C12H16N2O5S. The molecule has 2 heterocycles. The van der Waals surface area contributed by atoms with Crippen LogP contribution in [-0.2, 0) is 11.2 Å². The molecule has 4 N–H and O–H groups in total. The van der Waals surface area contributed by atoms with Gasteiger partial charge in [-0.1, -0.05) is 6.08 Å². The molecule has 0 radical (unpaired) electrons. The van der Waals surface area contributed by atoms with Crippen molar-refractivity contribution in [1.82, 2.24) is 9.55 Å². The van der Waals surface area contributed by atoms with Crippen molar-refractivity contribution in [2.45, 2.75) is 31.0 Å². The highest BCUT2D eigenvalue weighted by Gasteiger charge is 2.43. The second-order valence-corrected chi connectivity index (χ2v) is 4.93. The molecule has 1 aliphatic heterocycles. The van der Waals surface area contributed by atoms with E-state index in [0.717, 1.165) is 0 Å². The SMILES string of the molecule is C=CCc1cn([C@@H]2O[C@H](CO)[C@@H](O)[C@H]2O)c(=S)[nH]c1=O. The molecule has 1 fully saturated rings. The van der Waals surface area contributed by atoms with Gasteiger partial charge in [-0.05, 0) is 18.6 Å². The lowest BCUT2D eigenvalue weighted by atomic mass is 10.1. The Hall–Kier alpha value is -1.32. The molecule has 0 aliphatic carbocycles. The van der Waals surface area contributed by atoms with Gasteiger partial charge >= 0.3 is 0 Å². The molecule has 20 heavy (non-hydrogen) atoms. The summed E-state index contributed by atoms with van der Waals surface area (Å²) >= 11 is 5.03. The third kappa shape index (κ3) is 2.60. The van der Waals surface area contributed by atoms with Crippen molar-refractivity contribution in [3.8, 4) is 0 Å². The van der Waals surface area contributed by atoms with Gasteiger partial charge in [-0.15, -0.1) is 6.58 Å². The largest absolute Gasteiger partial charge is 0.394 e. The predicted octanol–water partition coefficient (Wildman–Crippen LogP) is -0.754. The van der Waals surface area contributed by atoms with Crippen LogP contribution in [0.1, 0.15) is 11.8 Å². The van der Waals surface area contributed by atoms with Crippen LogP contribution in [0.15, 0.2) is 23.6 Å². The van der Waals surface area contributed by atoms with E-state index in [1.165, 1.54) is 10.8 Å². The Bertz CT molecular complexity index is 611. The van der Waals surface area contributed by atoms with Gasteiger partial charge in [0.05, 0.1) is 6.61 Å². The van der Waals surface area contributed by atoms with E-state index < -0.39 is 31.1 Å². The molecule has 110 valence electrons. The number of nitrogens with one attached hydrogen (secondary N) is 1. The lowest BCUT2D eigenvalue weighted by molar-refractivity contribution is -0.0542. The summed E-state index contributed by atoms with van der Waals surface area (Å²) in [6, 6.07) is 0. The standard InChI is InChI=1S/C12H16N2O5S/c1-2-3-6-4-14(12(20)13-10(6)18)11-9(17)8(16)7(5-15)19-11/h2,4,7-9,11,15-17H,1,3,5H2,(H,13,18,20)/t7-,8-,9-,11-/m1/s1. The van der Waals surface area contributed by atoms with Crippen LogP contribution < -0.4 is 5.56 Å². The smallest absolute Gasteiger partial charge is 0.255 e. The number of hydrogen-bond acceptors (Lipinski definition) is 6. The number of aliphatic hydroxyl groups excluding tert-OH is 3. The Kier molecular flexibility index (Phi) is 4.51. The van der Waals surface area contributed by atoms with Gasteiger partial charge in [-0.2, -0.15) is 0 Å². The number of hydrogen-bond donors (Lipinski definition) is 4. The Morgan fingerprint density at radius 2 is 2.20 bits per heavy atom. The monoisotopic (exact) mass is 300 g/mol. The molecule has 1 aliphatic rings. The number of aromatic amines is 1. The van der Waals surface area contributed by atoms with Gasteiger partial charge in [0.25, 0.3) is 5.56 Å². The first-order chi connectivity index (χ1) is 9.49. The second-order valence-electron chi connectivity index (χ2n) is 4.54. The van der Waals surface area contributed by atoms with Gasteiger partial charge in [0.15, 0.2) is 11.0 Å². The third-order valence-corrected chi connectivity index (χ3v) is 3.51. The molecule has 0 unspecified atom stereocenters. The summed E-state index contributed by atoms with van der Waals surface area (Å²) in [5, 5.41) is 28.8. The fourth-order valence-electron chi connectivity index (χ4n) is 2.13. The van der Waals surface area contributed by atoms with E-state index in [1.807, 2.05) is 0 Å². The van der Waals surface area contributed by atoms with Gasteiger partial charge in [-0.3, -0.25) is 14.3 Å². The van der Waals surface area contributed by atoms with Crippen molar-refractivity contribution in [2.24, 2.45) is 0 Å². The minimum Gasteiger partial charge on any atom is -0.394 e. The van der Waals surface area contributed by atoms with Crippen molar-refractivity contribution < 1.29 is 20.1 Å². The normalized spacial score (nSPS) is 29.6. The van der Waals surface area contributed by atoms with Gasteiger partial charge < -0.3 is 20.1 Å². The molecule has 1 aromatic heterocycles. The maximum atomic E-state index is 11.7. The summed E-state index contributed by atoms with van der Waals surface area (Å²) in [5.74, 6) is 0. The van der Waals surface area contributed by atoms with Crippen LogP contribution in [-0.4, -0.2) is 49.8 Å². The molecule has 2 rings (SSSR count). The number of aliphatic hydroxyl groups is 3. The number of allylic oxidation sites excluding steroid dienone is 1. The van der Waals surface area contributed by atoms with Gasteiger partial charge in [0, 0.05) is 11.8 Å². The predicted molar refractivity (Wildman–Crippen MR) is 72.8 cm³/mol. The van der Waals surface area contributed by atoms with E-state index in [9.17, 15) is 15.0 Å². The van der Waals surface area contributed by atoms with Crippen molar-refractivity contribution in [3.05, 3.63) is 39.5 Å². The van der Waals surface area contributed by atoms with E-state index in [4.69, 9.17) is 22.1 Å². The van der Waals surface area contributed by atoms with Crippen LogP contribution in [0.25, 0.3) is 0 Å². The summed E-state index contributed by atoms with van der Waals surface area (Å²) in [7, 11) is 0. The first kappa shape index (κ1) is 15.1. The molecule has 7 nitrogen and oxygen atoms in total. The van der Waals surface area contributed by atoms with Crippen LogP contribution >= 0.6 is 12.2 Å². The second kappa shape index (κ2) is 5.98. The van der Waals surface area contributed by atoms with Crippen LogP contribution in [0.2, 0.25) is 0 Å². The summed E-state index contributed by atoms with van der Waals surface area (Å²) in [6.07, 6.45) is -0.970. The van der Waals surface area contributed by atoms with E-state index in [2.05, 4.69) is 11.6 Å². The molecule has 4 atom stereocenters. The molecule has 8 heteroatoms. The summed E-state index contributed by atoms with van der Waals surface area (Å²) in [5.41, 5.74) is 0.0734. The highest BCUT2D eigenvalue weighted by molar-refractivity contribution is 7.71. The zero-order valence-electron chi connectivity index (χ0n) is 10.6. The highest BCUT2D eigenvalue weighted by atomic mass is 32.1. The minimum atomic E-state index is -1.25. The fraction of sp³-hybridized carbons (Fsp3) is 0.500. The molecule has 1 aromatic rings. The zero-order valence-corrected chi connectivity index (χ0v) is 11.4. The first-order valence-electron chi connectivity index (χ1n) is 6.07. The maximum absolute atomic E-state index is 11.7. The molecule has 0 aromatic carbocycles. The number of rotatable bonds is 4. The average molecular weight is 300 g/mol. The molecule has 0 amide bonds. The van der Waals surface area contributed by atoms with Crippen LogP contribution in [0, 0.1) is 4.77 Å². The van der Waals surface area contributed by atoms with Gasteiger partial charge in [0.2, 0.25) is 0 Å². The summed E-state index contributed by atoms with van der Waals surface area (Å²) in [4.78, 5) is 14.2. The Labute approximate surface area is 119 Å². The Morgan fingerprint density at radius 1 is 1.50 bits per heavy atom. The lowest BCUT2D eigenvalue weighted by Crippen LogP contribution is -2.33. The molecule has 1 saturated heterocycles. The fourth-order valence-corrected chi connectivity index (χ4v) is 2.38. The van der Waals surface area contributed by atoms with Crippen molar-refractivity contribution in [3.63, 3.8) is 0 Å². The van der Waals surface area contributed by atoms with E-state index in [0.29, 0.717) is 12.0 Å². The van der Waals surface area contributed by atoms with Crippen LogP contribution in [0.3, 0.4) is 0 Å². The minimum absolute atomic E-state index is 0.0673.